The second-order valence-corrected chi connectivity index (χ2v) is 4.34. The van der Waals surface area contributed by atoms with Crippen LogP contribution in [0.4, 0.5) is 4.39 Å². The standard InChI is InChI=1S/C12H9BrFNO/c13-11-5-9(1-2-12(11)14)6-15-4-3-10(7-15)8-16/h1-5,7-8H,6H2. The Morgan fingerprint density at radius 2 is 2.19 bits per heavy atom. The third-order valence-electron chi connectivity index (χ3n) is 2.26. The normalized spacial score (nSPS) is 10.4. The van der Waals surface area contributed by atoms with E-state index < -0.39 is 0 Å². The molecule has 1 aromatic heterocycles. The molecule has 0 saturated heterocycles. The number of aromatic nitrogens is 1. The van der Waals surface area contributed by atoms with Crippen molar-refractivity contribution in [3.63, 3.8) is 0 Å². The molecular weight excluding hydrogens is 273 g/mol. The number of hydrogen-bond acceptors (Lipinski definition) is 1. The first-order valence-electron chi connectivity index (χ1n) is 4.74. The summed E-state index contributed by atoms with van der Waals surface area (Å²) < 4.78 is 15.3. The molecule has 0 N–H and O–H groups in total. The van der Waals surface area contributed by atoms with E-state index in [1.807, 2.05) is 10.8 Å². The second kappa shape index (κ2) is 4.61. The molecule has 0 aliphatic rings. The lowest BCUT2D eigenvalue weighted by atomic mass is 10.2. The van der Waals surface area contributed by atoms with Gasteiger partial charge in [-0.1, -0.05) is 6.07 Å². The summed E-state index contributed by atoms with van der Waals surface area (Å²) in [6.07, 6.45) is 4.38. The van der Waals surface area contributed by atoms with Gasteiger partial charge in [0.15, 0.2) is 6.29 Å². The largest absolute Gasteiger partial charge is 0.349 e. The molecule has 1 aromatic carbocycles. The van der Waals surface area contributed by atoms with Crippen LogP contribution in [-0.4, -0.2) is 10.9 Å². The fourth-order valence-electron chi connectivity index (χ4n) is 1.48. The van der Waals surface area contributed by atoms with E-state index in [2.05, 4.69) is 15.9 Å². The first-order chi connectivity index (χ1) is 7.69. The van der Waals surface area contributed by atoms with Gasteiger partial charge >= 0.3 is 0 Å². The minimum atomic E-state index is -0.273. The number of aldehydes is 1. The lowest BCUT2D eigenvalue weighted by Crippen LogP contribution is -1.96. The Hall–Kier alpha value is -1.42. The van der Waals surface area contributed by atoms with E-state index in [9.17, 15) is 9.18 Å². The van der Waals surface area contributed by atoms with Gasteiger partial charge < -0.3 is 4.57 Å². The van der Waals surface area contributed by atoms with Gasteiger partial charge in [-0.25, -0.2) is 4.39 Å². The first kappa shape index (κ1) is 11.1. The molecular formula is C12H9BrFNO. The molecule has 0 radical (unpaired) electrons. The molecule has 2 rings (SSSR count). The molecule has 0 atom stereocenters. The van der Waals surface area contributed by atoms with Gasteiger partial charge in [-0.2, -0.15) is 0 Å². The topological polar surface area (TPSA) is 22.0 Å². The van der Waals surface area contributed by atoms with Gasteiger partial charge in [0, 0.05) is 24.5 Å². The summed E-state index contributed by atoms with van der Waals surface area (Å²) in [5.41, 5.74) is 1.61. The molecule has 2 aromatic rings. The number of rotatable bonds is 3. The zero-order valence-electron chi connectivity index (χ0n) is 8.36. The van der Waals surface area contributed by atoms with Crippen molar-refractivity contribution < 1.29 is 9.18 Å². The van der Waals surface area contributed by atoms with E-state index in [0.29, 0.717) is 16.6 Å². The van der Waals surface area contributed by atoms with E-state index >= 15 is 0 Å². The number of carbonyl (C=O) groups is 1. The summed E-state index contributed by atoms with van der Waals surface area (Å²) in [6, 6.07) is 6.62. The van der Waals surface area contributed by atoms with Crippen LogP contribution in [0.25, 0.3) is 0 Å². The van der Waals surface area contributed by atoms with Gasteiger partial charge in [-0.3, -0.25) is 4.79 Å². The van der Waals surface area contributed by atoms with Gasteiger partial charge in [-0.15, -0.1) is 0 Å². The maximum absolute atomic E-state index is 13.0. The third kappa shape index (κ3) is 2.39. The van der Waals surface area contributed by atoms with Crippen LogP contribution in [0, 0.1) is 5.82 Å². The maximum atomic E-state index is 13.0. The molecule has 82 valence electrons. The molecule has 2 nitrogen and oxygen atoms in total. The van der Waals surface area contributed by atoms with Crippen molar-refractivity contribution in [2.45, 2.75) is 6.54 Å². The van der Waals surface area contributed by atoms with Crippen molar-refractivity contribution in [3.8, 4) is 0 Å². The summed E-state index contributed by atoms with van der Waals surface area (Å²) in [5, 5.41) is 0. The summed E-state index contributed by atoms with van der Waals surface area (Å²) in [7, 11) is 0. The third-order valence-corrected chi connectivity index (χ3v) is 2.87. The molecule has 0 unspecified atom stereocenters. The average Bonchev–Trinajstić information content (AvgIpc) is 2.71. The summed E-state index contributed by atoms with van der Waals surface area (Å²) in [6.45, 7) is 0.618. The molecule has 0 amide bonds. The van der Waals surface area contributed by atoms with Gasteiger partial charge in [0.05, 0.1) is 4.47 Å². The molecule has 4 heteroatoms. The number of hydrogen-bond donors (Lipinski definition) is 0. The molecule has 1 heterocycles. The summed E-state index contributed by atoms with van der Waals surface area (Å²) in [5.74, 6) is -0.273. The Balaban J connectivity index is 2.20. The van der Waals surface area contributed by atoms with E-state index in [1.54, 1.807) is 24.4 Å². The highest BCUT2D eigenvalue weighted by atomic mass is 79.9. The number of benzene rings is 1. The number of halogens is 2. The minimum Gasteiger partial charge on any atom is -0.349 e. The fourth-order valence-corrected chi connectivity index (χ4v) is 1.90. The van der Waals surface area contributed by atoms with Crippen molar-refractivity contribution in [3.05, 3.63) is 58.1 Å². The highest BCUT2D eigenvalue weighted by Gasteiger charge is 2.01. The van der Waals surface area contributed by atoms with Crippen LogP contribution in [-0.2, 0) is 6.54 Å². The van der Waals surface area contributed by atoms with Crippen LogP contribution in [0.2, 0.25) is 0 Å². The van der Waals surface area contributed by atoms with Gasteiger partial charge in [0.2, 0.25) is 0 Å². The lowest BCUT2D eigenvalue weighted by Gasteiger charge is -2.04. The maximum Gasteiger partial charge on any atom is 0.151 e. The van der Waals surface area contributed by atoms with E-state index in [0.717, 1.165) is 11.8 Å². The van der Waals surface area contributed by atoms with Crippen LogP contribution >= 0.6 is 15.9 Å². The quantitative estimate of drug-likeness (QED) is 0.792. The summed E-state index contributed by atoms with van der Waals surface area (Å²) in [4.78, 5) is 10.5. The fraction of sp³-hybridized carbons (Fsp3) is 0.0833. The highest BCUT2D eigenvalue weighted by molar-refractivity contribution is 9.10. The Labute approximate surface area is 101 Å². The predicted octanol–water partition coefficient (Wildman–Crippen LogP) is 3.25. The highest BCUT2D eigenvalue weighted by Crippen LogP contribution is 2.17. The summed E-state index contributed by atoms with van der Waals surface area (Å²) >= 11 is 3.14. The van der Waals surface area contributed by atoms with Crippen LogP contribution in [0.1, 0.15) is 15.9 Å². The Kier molecular flexibility index (Phi) is 3.19. The zero-order chi connectivity index (χ0) is 11.5. The van der Waals surface area contributed by atoms with Crippen LogP contribution in [0.5, 0.6) is 0 Å². The molecule has 0 spiro atoms. The minimum absolute atomic E-state index is 0.273. The molecule has 16 heavy (non-hydrogen) atoms. The molecule has 0 aliphatic heterocycles. The SMILES string of the molecule is O=Cc1ccn(Cc2ccc(F)c(Br)c2)c1. The molecule has 0 fully saturated rings. The van der Waals surface area contributed by atoms with Gasteiger partial charge in [0.25, 0.3) is 0 Å². The smallest absolute Gasteiger partial charge is 0.151 e. The Morgan fingerprint density at radius 3 is 2.81 bits per heavy atom. The monoisotopic (exact) mass is 281 g/mol. The molecule has 0 aliphatic carbocycles. The predicted molar refractivity (Wildman–Crippen MR) is 63.0 cm³/mol. The van der Waals surface area contributed by atoms with Gasteiger partial charge in [0.1, 0.15) is 5.82 Å². The zero-order valence-corrected chi connectivity index (χ0v) is 9.95. The Morgan fingerprint density at radius 1 is 1.38 bits per heavy atom. The van der Waals surface area contributed by atoms with Crippen molar-refractivity contribution in [2.24, 2.45) is 0 Å². The van der Waals surface area contributed by atoms with Crippen molar-refractivity contribution in [1.82, 2.24) is 4.57 Å². The van der Waals surface area contributed by atoms with Crippen molar-refractivity contribution in [2.75, 3.05) is 0 Å². The van der Waals surface area contributed by atoms with E-state index in [1.165, 1.54) is 6.07 Å². The first-order valence-corrected chi connectivity index (χ1v) is 5.53. The number of carbonyl (C=O) groups excluding carboxylic acids is 1. The molecule has 0 bridgehead atoms. The number of nitrogens with zero attached hydrogens (tertiary/aromatic N) is 1. The molecule has 0 saturated carbocycles. The average molecular weight is 282 g/mol. The van der Waals surface area contributed by atoms with E-state index in [-0.39, 0.29) is 5.82 Å². The van der Waals surface area contributed by atoms with Crippen molar-refractivity contribution in [1.29, 1.82) is 0 Å². The van der Waals surface area contributed by atoms with Crippen LogP contribution in [0.3, 0.4) is 0 Å². The lowest BCUT2D eigenvalue weighted by molar-refractivity contribution is 0.112. The van der Waals surface area contributed by atoms with E-state index in [4.69, 9.17) is 0 Å². The van der Waals surface area contributed by atoms with Crippen LogP contribution in [0.15, 0.2) is 41.1 Å². The Bertz CT molecular complexity index is 521. The van der Waals surface area contributed by atoms with Crippen LogP contribution < -0.4 is 0 Å². The van der Waals surface area contributed by atoms with Gasteiger partial charge in [-0.05, 0) is 39.7 Å². The second-order valence-electron chi connectivity index (χ2n) is 3.48. The van der Waals surface area contributed by atoms with Crippen molar-refractivity contribution >= 4 is 22.2 Å².